The van der Waals surface area contributed by atoms with E-state index >= 15 is 0 Å². The minimum atomic E-state index is 0. The maximum absolute atomic E-state index is 5.66. The smallest absolute Gasteiger partial charge is 0.194 e. The molecule has 29 heavy (non-hydrogen) atoms. The highest BCUT2D eigenvalue weighted by Crippen LogP contribution is 2.38. The van der Waals surface area contributed by atoms with Crippen LogP contribution in [0.1, 0.15) is 32.3 Å². The van der Waals surface area contributed by atoms with Gasteiger partial charge in [0.1, 0.15) is 5.82 Å². The molecule has 0 aromatic carbocycles. The minimum Gasteiger partial charge on any atom is -0.381 e. The van der Waals surface area contributed by atoms with Crippen LogP contribution in [0.25, 0.3) is 0 Å². The summed E-state index contributed by atoms with van der Waals surface area (Å²) in [5, 5.41) is 3.46. The van der Waals surface area contributed by atoms with Crippen molar-refractivity contribution in [3.63, 3.8) is 0 Å². The van der Waals surface area contributed by atoms with E-state index in [1.54, 1.807) is 0 Å². The Morgan fingerprint density at radius 1 is 1.31 bits per heavy atom. The van der Waals surface area contributed by atoms with E-state index in [4.69, 9.17) is 14.5 Å². The Balaban J connectivity index is 0.00000240. The lowest BCUT2D eigenvalue weighted by molar-refractivity contribution is 0.0529. The molecule has 0 bridgehead atoms. The largest absolute Gasteiger partial charge is 0.381 e. The Morgan fingerprint density at radius 3 is 2.90 bits per heavy atom. The van der Waals surface area contributed by atoms with Gasteiger partial charge in [0.2, 0.25) is 0 Å². The zero-order valence-electron chi connectivity index (χ0n) is 17.6. The van der Waals surface area contributed by atoms with Crippen molar-refractivity contribution < 1.29 is 9.47 Å². The normalized spacial score (nSPS) is 27.4. The van der Waals surface area contributed by atoms with Gasteiger partial charge in [0.05, 0.1) is 25.9 Å². The molecule has 3 saturated heterocycles. The molecule has 0 saturated carbocycles. The fraction of sp³-hybridized carbons (Fsp3) is 0.714. The van der Waals surface area contributed by atoms with Crippen LogP contribution in [0.5, 0.6) is 0 Å². The lowest BCUT2D eigenvalue weighted by Gasteiger charge is -2.32. The summed E-state index contributed by atoms with van der Waals surface area (Å²) in [6, 6.07) is 4.25. The first kappa shape index (κ1) is 22.6. The first-order valence-electron chi connectivity index (χ1n) is 10.6. The Bertz CT molecular complexity index is 678. The van der Waals surface area contributed by atoms with Gasteiger partial charge in [-0.15, -0.1) is 24.0 Å². The highest BCUT2D eigenvalue weighted by atomic mass is 127. The quantitative estimate of drug-likeness (QED) is 0.378. The summed E-state index contributed by atoms with van der Waals surface area (Å²) in [7, 11) is 0. The average molecular weight is 515 g/mol. The summed E-state index contributed by atoms with van der Waals surface area (Å²) >= 11 is 0. The second-order valence-corrected chi connectivity index (χ2v) is 8.30. The van der Waals surface area contributed by atoms with Gasteiger partial charge in [0.15, 0.2) is 5.96 Å². The summed E-state index contributed by atoms with van der Waals surface area (Å²) in [5.74, 6) is 2.04. The maximum Gasteiger partial charge on any atom is 0.194 e. The monoisotopic (exact) mass is 515 g/mol. The molecule has 4 heterocycles. The number of nitrogens with zero attached hydrogens (tertiary/aromatic N) is 4. The van der Waals surface area contributed by atoms with Crippen LogP contribution < -0.4 is 10.2 Å². The fourth-order valence-corrected chi connectivity index (χ4v) is 4.40. The van der Waals surface area contributed by atoms with Crippen molar-refractivity contribution in [3.05, 3.63) is 23.9 Å². The van der Waals surface area contributed by atoms with Gasteiger partial charge in [-0.2, -0.15) is 0 Å². The van der Waals surface area contributed by atoms with Crippen LogP contribution >= 0.6 is 24.0 Å². The number of nitrogens with one attached hydrogen (secondary N) is 1. The van der Waals surface area contributed by atoms with E-state index in [1.807, 2.05) is 6.20 Å². The number of halogens is 1. The van der Waals surface area contributed by atoms with E-state index in [0.29, 0.717) is 12.0 Å². The Labute approximate surface area is 191 Å². The van der Waals surface area contributed by atoms with Crippen molar-refractivity contribution >= 4 is 35.8 Å². The number of aromatic nitrogens is 1. The molecule has 2 atom stereocenters. The number of aliphatic imine (C=N–C) groups is 1. The minimum absolute atomic E-state index is 0. The number of rotatable bonds is 4. The molecule has 8 heteroatoms. The summed E-state index contributed by atoms with van der Waals surface area (Å²) in [5.41, 5.74) is 1.48. The van der Waals surface area contributed by atoms with Gasteiger partial charge in [0.25, 0.3) is 0 Å². The van der Waals surface area contributed by atoms with Gasteiger partial charge in [-0.3, -0.25) is 0 Å². The van der Waals surface area contributed by atoms with E-state index in [1.165, 1.54) is 12.8 Å². The van der Waals surface area contributed by atoms with Gasteiger partial charge in [-0.1, -0.05) is 6.07 Å². The van der Waals surface area contributed by atoms with Crippen molar-refractivity contribution in [1.82, 2.24) is 15.2 Å². The molecule has 0 amide bonds. The van der Waals surface area contributed by atoms with Crippen LogP contribution in [-0.4, -0.2) is 74.5 Å². The highest BCUT2D eigenvalue weighted by Gasteiger charge is 2.42. The number of anilines is 1. The second-order valence-electron chi connectivity index (χ2n) is 8.30. The van der Waals surface area contributed by atoms with Crippen molar-refractivity contribution in [2.75, 3.05) is 57.4 Å². The predicted molar refractivity (Wildman–Crippen MR) is 126 cm³/mol. The highest BCUT2D eigenvalue weighted by molar-refractivity contribution is 14.0. The van der Waals surface area contributed by atoms with E-state index in [9.17, 15) is 0 Å². The molecule has 3 aliphatic heterocycles. The third-order valence-electron chi connectivity index (χ3n) is 6.04. The predicted octanol–water partition coefficient (Wildman–Crippen LogP) is 2.50. The topological polar surface area (TPSA) is 62.2 Å². The lowest BCUT2D eigenvalue weighted by atomic mass is 9.87. The molecule has 0 radical (unpaired) electrons. The number of ether oxygens (including phenoxy) is 2. The van der Waals surface area contributed by atoms with Crippen LogP contribution in [0.3, 0.4) is 0 Å². The van der Waals surface area contributed by atoms with Gasteiger partial charge in [-0.05, 0) is 38.3 Å². The van der Waals surface area contributed by atoms with Gasteiger partial charge in [0, 0.05) is 50.9 Å². The van der Waals surface area contributed by atoms with Crippen molar-refractivity contribution in [3.8, 4) is 0 Å². The van der Waals surface area contributed by atoms with E-state index in [2.05, 4.69) is 46.1 Å². The molecule has 0 aliphatic carbocycles. The Hall–Kier alpha value is -1.13. The lowest BCUT2D eigenvalue weighted by Crippen LogP contribution is -2.41. The average Bonchev–Trinajstić information content (AvgIpc) is 3.35. The van der Waals surface area contributed by atoms with Crippen molar-refractivity contribution in [2.45, 2.75) is 39.3 Å². The molecule has 2 unspecified atom stereocenters. The summed E-state index contributed by atoms with van der Waals surface area (Å²) in [6.07, 6.45) is 4.59. The van der Waals surface area contributed by atoms with Crippen LogP contribution in [0.4, 0.5) is 5.82 Å². The molecule has 4 rings (SSSR count). The molecule has 3 aliphatic rings. The van der Waals surface area contributed by atoms with Gasteiger partial charge in [-0.25, -0.2) is 9.98 Å². The number of pyridine rings is 1. The molecule has 3 fully saturated rings. The van der Waals surface area contributed by atoms with Crippen LogP contribution in [0.15, 0.2) is 23.3 Å². The number of likely N-dealkylation sites (tertiary alicyclic amines) is 1. The molecule has 7 nitrogen and oxygen atoms in total. The number of guanidine groups is 1. The summed E-state index contributed by atoms with van der Waals surface area (Å²) < 4.78 is 11.3. The molecular weight excluding hydrogens is 481 g/mol. The first-order chi connectivity index (χ1) is 13.7. The fourth-order valence-electron chi connectivity index (χ4n) is 4.40. The number of hydrogen-bond donors (Lipinski definition) is 1. The maximum atomic E-state index is 5.66. The molecule has 162 valence electrons. The Kier molecular flexibility index (Phi) is 7.98. The van der Waals surface area contributed by atoms with E-state index in [-0.39, 0.29) is 30.1 Å². The Morgan fingerprint density at radius 2 is 2.21 bits per heavy atom. The zero-order chi connectivity index (χ0) is 19.4. The van der Waals surface area contributed by atoms with Crippen LogP contribution in [-0.2, 0) is 16.0 Å². The SMILES string of the molecule is CCNC(=NCc1ccc(N2CCOC(C)C2)nc1)N1CCC2(CCOC2)C1.I. The third-order valence-corrected chi connectivity index (χ3v) is 6.04. The van der Waals surface area contributed by atoms with E-state index in [0.717, 1.165) is 69.9 Å². The standard InChI is InChI=1S/C21H33N5O2.HI/c1-3-22-20(26-8-6-21(15-26)7-10-27-16-21)24-13-18-4-5-19(23-12-18)25-9-11-28-17(2)14-25;/h4-5,12,17H,3,6-11,13-16H2,1-2H3,(H,22,24);1H. The van der Waals surface area contributed by atoms with Crippen LogP contribution in [0, 0.1) is 5.41 Å². The van der Waals surface area contributed by atoms with Crippen molar-refractivity contribution in [1.29, 1.82) is 0 Å². The molecule has 1 spiro atoms. The molecule has 1 aromatic rings. The first-order valence-corrected chi connectivity index (χ1v) is 10.6. The van der Waals surface area contributed by atoms with Crippen LogP contribution in [0.2, 0.25) is 0 Å². The molecule has 1 N–H and O–H groups in total. The summed E-state index contributed by atoms with van der Waals surface area (Å²) in [6.45, 7) is 12.2. The van der Waals surface area contributed by atoms with Gasteiger partial charge >= 0.3 is 0 Å². The second kappa shape index (κ2) is 10.3. The van der Waals surface area contributed by atoms with E-state index < -0.39 is 0 Å². The number of morpholine rings is 1. The number of hydrogen-bond acceptors (Lipinski definition) is 5. The third kappa shape index (κ3) is 5.52. The molecule has 1 aromatic heterocycles. The molecular formula is C21H34IN5O2. The van der Waals surface area contributed by atoms with Gasteiger partial charge < -0.3 is 24.6 Å². The summed E-state index contributed by atoms with van der Waals surface area (Å²) in [4.78, 5) is 14.2. The van der Waals surface area contributed by atoms with Crippen molar-refractivity contribution in [2.24, 2.45) is 10.4 Å². The zero-order valence-corrected chi connectivity index (χ0v) is 19.9.